The molecule has 35 heavy (non-hydrogen) atoms. The minimum Gasteiger partial charge on any atom is -0.369 e. The monoisotopic (exact) mass is 468 g/mol. The Balaban J connectivity index is 1.48. The second kappa shape index (κ2) is 9.49. The van der Waals surface area contributed by atoms with Crippen LogP contribution in [0.3, 0.4) is 0 Å². The Morgan fingerprint density at radius 1 is 0.971 bits per heavy atom. The van der Waals surface area contributed by atoms with Crippen molar-refractivity contribution in [1.29, 1.82) is 0 Å². The van der Waals surface area contributed by atoms with Crippen LogP contribution in [0.5, 0.6) is 0 Å². The highest BCUT2D eigenvalue weighted by molar-refractivity contribution is 5.91. The van der Waals surface area contributed by atoms with Crippen molar-refractivity contribution < 1.29 is 13.8 Å². The summed E-state index contributed by atoms with van der Waals surface area (Å²) in [6.07, 6.45) is 6.78. The molecule has 2 atom stereocenters. The van der Waals surface area contributed by atoms with Crippen molar-refractivity contribution in [1.82, 2.24) is 4.57 Å². The molecule has 1 aromatic heterocycles. The first-order valence-electron chi connectivity index (χ1n) is 12.2. The Hall–Kier alpha value is -3.73. The summed E-state index contributed by atoms with van der Waals surface area (Å²) >= 11 is 0. The van der Waals surface area contributed by atoms with Crippen LogP contribution >= 0.6 is 0 Å². The van der Waals surface area contributed by atoms with Gasteiger partial charge in [-0.1, -0.05) is 78.9 Å². The first-order valence-corrected chi connectivity index (χ1v) is 12.2. The third-order valence-corrected chi connectivity index (χ3v) is 7.75. The summed E-state index contributed by atoms with van der Waals surface area (Å²) in [6.45, 7) is 2.56. The molecule has 0 unspecified atom stereocenters. The number of primary amides is 1. The third-order valence-electron chi connectivity index (χ3n) is 7.75. The Labute approximate surface area is 205 Å². The molecular formula is C30H31FN3O+. The summed E-state index contributed by atoms with van der Waals surface area (Å²) < 4.78 is 18.6. The van der Waals surface area contributed by atoms with Gasteiger partial charge < -0.3 is 5.73 Å². The number of hydrogen-bond acceptors (Lipinski definition) is 1. The smallest absolute Gasteiger partial charge is 0.253 e. The standard InChI is InChI=1S/C30H30FN3O/c1-22-33(21-23-10-8-9-15-28(23)31)18-19-34(22)27-17-16-26(20-27)30(29(32)35,24-11-4-2-5-12-24)25-13-6-3-7-14-25/h2-15,18-19,26-27H,16-17,20-21H2,1H3,(H-,32,35)/p+1/t26-,27+/m1/s1. The van der Waals surface area contributed by atoms with Crippen molar-refractivity contribution in [3.8, 4) is 0 Å². The number of nitrogens with two attached hydrogens (primary N) is 1. The molecule has 5 heteroatoms. The van der Waals surface area contributed by atoms with Crippen LogP contribution < -0.4 is 10.3 Å². The second-order valence-corrected chi connectivity index (χ2v) is 9.54. The van der Waals surface area contributed by atoms with Crippen LogP contribution in [0.4, 0.5) is 4.39 Å². The van der Waals surface area contributed by atoms with Crippen molar-refractivity contribution in [3.05, 3.63) is 126 Å². The molecule has 1 heterocycles. The molecule has 5 rings (SSSR count). The minimum atomic E-state index is -0.887. The predicted molar refractivity (Wildman–Crippen MR) is 134 cm³/mol. The Bertz CT molecular complexity index is 1280. The fraction of sp³-hybridized carbons (Fsp3) is 0.267. The lowest BCUT2D eigenvalue weighted by Crippen LogP contribution is -2.47. The topological polar surface area (TPSA) is 51.9 Å². The highest BCUT2D eigenvalue weighted by atomic mass is 19.1. The number of halogens is 1. The number of benzene rings is 3. The molecule has 4 nitrogen and oxygen atoms in total. The second-order valence-electron chi connectivity index (χ2n) is 9.54. The van der Waals surface area contributed by atoms with Crippen LogP contribution in [-0.2, 0) is 16.8 Å². The molecule has 3 aromatic carbocycles. The van der Waals surface area contributed by atoms with Gasteiger partial charge in [0.15, 0.2) is 0 Å². The molecule has 0 spiro atoms. The molecule has 1 aliphatic carbocycles. The van der Waals surface area contributed by atoms with E-state index in [4.69, 9.17) is 5.73 Å². The van der Waals surface area contributed by atoms with E-state index < -0.39 is 5.41 Å². The Kier molecular flexibility index (Phi) is 6.25. The van der Waals surface area contributed by atoms with E-state index in [1.165, 1.54) is 6.07 Å². The maximum absolute atomic E-state index is 14.2. The maximum atomic E-state index is 14.2. The molecule has 0 aliphatic heterocycles. The minimum absolute atomic E-state index is 0.0663. The van der Waals surface area contributed by atoms with Gasteiger partial charge in [0.1, 0.15) is 36.2 Å². The number of nitrogens with zero attached hydrogens (tertiary/aromatic N) is 2. The highest BCUT2D eigenvalue weighted by Crippen LogP contribution is 2.49. The molecule has 1 saturated carbocycles. The predicted octanol–water partition coefficient (Wildman–Crippen LogP) is 5.08. The highest BCUT2D eigenvalue weighted by Gasteiger charge is 2.51. The summed E-state index contributed by atoms with van der Waals surface area (Å²) in [7, 11) is 0. The zero-order valence-corrected chi connectivity index (χ0v) is 20.0. The normalized spacial score (nSPS) is 18.0. The first kappa shape index (κ1) is 23.0. The lowest BCUT2D eigenvalue weighted by molar-refractivity contribution is -0.694. The van der Waals surface area contributed by atoms with E-state index >= 15 is 0 Å². The fourth-order valence-corrected chi connectivity index (χ4v) is 6.01. The van der Waals surface area contributed by atoms with Gasteiger partial charge in [-0.3, -0.25) is 4.79 Å². The van der Waals surface area contributed by atoms with E-state index in [-0.39, 0.29) is 23.7 Å². The van der Waals surface area contributed by atoms with Crippen LogP contribution in [0.15, 0.2) is 97.3 Å². The van der Waals surface area contributed by atoms with Crippen LogP contribution in [0.2, 0.25) is 0 Å². The van der Waals surface area contributed by atoms with Gasteiger partial charge in [0.05, 0.1) is 0 Å². The number of carbonyl (C=O) groups is 1. The van der Waals surface area contributed by atoms with Crippen molar-refractivity contribution in [2.75, 3.05) is 0 Å². The van der Waals surface area contributed by atoms with Gasteiger partial charge in [0.2, 0.25) is 5.91 Å². The summed E-state index contributed by atoms with van der Waals surface area (Å²) in [5.74, 6) is 0.643. The molecule has 2 N–H and O–H groups in total. The van der Waals surface area contributed by atoms with Crippen LogP contribution in [-0.4, -0.2) is 10.5 Å². The quantitative estimate of drug-likeness (QED) is 0.378. The van der Waals surface area contributed by atoms with Gasteiger partial charge in [-0.2, -0.15) is 0 Å². The molecule has 0 radical (unpaired) electrons. The number of imidazole rings is 1. The fourth-order valence-electron chi connectivity index (χ4n) is 6.01. The van der Waals surface area contributed by atoms with Gasteiger partial charge in [-0.25, -0.2) is 13.5 Å². The largest absolute Gasteiger partial charge is 0.369 e. The average Bonchev–Trinajstić information content (AvgIpc) is 3.49. The summed E-state index contributed by atoms with van der Waals surface area (Å²) in [5, 5.41) is 0. The Morgan fingerprint density at radius 2 is 1.57 bits per heavy atom. The number of amides is 1. The van der Waals surface area contributed by atoms with Crippen molar-refractivity contribution in [2.45, 2.75) is 44.2 Å². The van der Waals surface area contributed by atoms with Crippen LogP contribution in [0, 0.1) is 18.7 Å². The number of rotatable bonds is 7. The molecule has 1 aliphatic rings. The summed E-state index contributed by atoms with van der Waals surface area (Å²) in [4.78, 5) is 13.3. The Morgan fingerprint density at radius 3 is 2.17 bits per heavy atom. The number of aromatic nitrogens is 2. The van der Waals surface area contributed by atoms with Gasteiger partial charge in [-0.05, 0) is 42.4 Å². The van der Waals surface area contributed by atoms with Crippen molar-refractivity contribution in [2.24, 2.45) is 11.7 Å². The zero-order valence-electron chi connectivity index (χ0n) is 20.0. The molecular weight excluding hydrogens is 437 g/mol. The molecule has 0 saturated heterocycles. The van der Waals surface area contributed by atoms with E-state index in [1.54, 1.807) is 6.07 Å². The van der Waals surface area contributed by atoms with Gasteiger partial charge in [-0.15, -0.1) is 0 Å². The van der Waals surface area contributed by atoms with Crippen molar-refractivity contribution >= 4 is 5.91 Å². The lowest BCUT2D eigenvalue weighted by atomic mass is 9.64. The van der Waals surface area contributed by atoms with E-state index in [9.17, 15) is 9.18 Å². The van der Waals surface area contributed by atoms with E-state index in [0.717, 1.165) is 36.2 Å². The molecule has 0 bridgehead atoms. The maximum Gasteiger partial charge on any atom is 0.253 e. The van der Waals surface area contributed by atoms with E-state index in [2.05, 4.69) is 22.3 Å². The van der Waals surface area contributed by atoms with Gasteiger partial charge in [0.25, 0.3) is 5.82 Å². The van der Waals surface area contributed by atoms with Crippen molar-refractivity contribution in [3.63, 3.8) is 0 Å². The van der Waals surface area contributed by atoms with Crippen LogP contribution in [0.1, 0.15) is 47.8 Å². The number of hydrogen-bond donors (Lipinski definition) is 1. The van der Waals surface area contributed by atoms with Crippen LogP contribution in [0.25, 0.3) is 0 Å². The average molecular weight is 469 g/mol. The third kappa shape index (κ3) is 4.05. The first-order chi connectivity index (χ1) is 17.0. The molecule has 4 aromatic rings. The summed E-state index contributed by atoms with van der Waals surface area (Å²) in [6, 6.07) is 27.1. The molecule has 1 fully saturated rings. The molecule has 178 valence electrons. The summed E-state index contributed by atoms with van der Waals surface area (Å²) in [5.41, 5.74) is 7.93. The SMILES string of the molecule is Cc1n([C@H]2CC[C@@H](C(C(N)=O)(c3ccccc3)c3ccccc3)C2)cc[n+]1Cc1ccccc1F. The number of carbonyl (C=O) groups excluding carboxylic acids is 1. The van der Waals surface area contributed by atoms with E-state index in [0.29, 0.717) is 12.1 Å². The zero-order chi connectivity index (χ0) is 24.4. The van der Waals surface area contributed by atoms with Gasteiger partial charge >= 0.3 is 0 Å². The van der Waals surface area contributed by atoms with Gasteiger partial charge in [0, 0.05) is 12.5 Å². The van der Waals surface area contributed by atoms with E-state index in [1.807, 2.05) is 79.0 Å². The lowest BCUT2D eigenvalue weighted by Gasteiger charge is -2.37. The molecule has 1 amide bonds.